The Kier molecular flexibility index (Phi) is 4.76. The van der Waals surface area contributed by atoms with E-state index in [1.807, 2.05) is 20.0 Å². The second-order valence-electron chi connectivity index (χ2n) is 5.53. The zero-order valence-electron chi connectivity index (χ0n) is 11.5. The highest BCUT2D eigenvalue weighted by Gasteiger charge is 2.23. The van der Waals surface area contributed by atoms with E-state index < -0.39 is 0 Å². The van der Waals surface area contributed by atoms with Crippen molar-refractivity contribution >= 4 is 0 Å². The topological polar surface area (TPSA) is 12.0 Å². The molecule has 1 atom stereocenters. The minimum atomic E-state index is -0.0821. The van der Waals surface area contributed by atoms with Gasteiger partial charge in [-0.15, -0.1) is 0 Å². The monoisotopic (exact) mass is 249 g/mol. The maximum absolute atomic E-state index is 13.7. The molecule has 1 aromatic carbocycles. The molecule has 0 radical (unpaired) electrons. The number of benzene rings is 1. The maximum atomic E-state index is 13.7. The van der Waals surface area contributed by atoms with Gasteiger partial charge in [0, 0.05) is 6.04 Å². The first kappa shape index (κ1) is 13.5. The summed E-state index contributed by atoms with van der Waals surface area (Å²) < 4.78 is 13.7. The summed E-state index contributed by atoms with van der Waals surface area (Å²) in [6.45, 7) is 1.82. The van der Waals surface area contributed by atoms with E-state index in [9.17, 15) is 4.39 Å². The van der Waals surface area contributed by atoms with Crippen LogP contribution in [-0.2, 0) is 0 Å². The van der Waals surface area contributed by atoms with Crippen LogP contribution in [0.3, 0.4) is 0 Å². The summed E-state index contributed by atoms with van der Waals surface area (Å²) in [5, 5.41) is 3.40. The number of rotatable bonds is 3. The Balaban J connectivity index is 2.17. The van der Waals surface area contributed by atoms with E-state index in [1.165, 1.54) is 38.5 Å². The first-order valence-electron chi connectivity index (χ1n) is 7.15. The predicted molar refractivity (Wildman–Crippen MR) is 74.1 cm³/mol. The highest BCUT2D eigenvalue weighted by Crippen LogP contribution is 2.33. The summed E-state index contributed by atoms with van der Waals surface area (Å²) in [7, 11) is 1.99. The molecule has 0 aromatic heterocycles. The number of aryl methyl sites for hydroxylation is 1. The van der Waals surface area contributed by atoms with Crippen LogP contribution < -0.4 is 5.32 Å². The smallest absolute Gasteiger partial charge is 0.126 e. The molecule has 0 saturated heterocycles. The van der Waals surface area contributed by atoms with Crippen LogP contribution in [-0.4, -0.2) is 7.05 Å². The van der Waals surface area contributed by atoms with E-state index in [0.717, 1.165) is 11.1 Å². The van der Waals surface area contributed by atoms with Crippen LogP contribution in [0.25, 0.3) is 0 Å². The molecule has 1 unspecified atom stereocenters. The third kappa shape index (κ3) is 3.11. The van der Waals surface area contributed by atoms with Crippen molar-refractivity contribution in [1.29, 1.82) is 0 Å². The zero-order chi connectivity index (χ0) is 13.0. The van der Waals surface area contributed by atoms with Gasteiger partial charge >= 0.3 is 0 Å². The molecular weight excluding hydrogens is 225 g/mol. The van der Waals surface area contributed by atoms with Crippen LogP contribution in [0.2, 0.25) is 0 Å². The Morgan fingerprint density at radius 2 is 1.83 bits per heavy atom. The number of nitrogens with one attached hydrogen (secondary N) is 1. The van der Waals surface area contributed by atoms with Crippen molar-refractivity contribution in [2.45, 2.75) is 51.5 Å². The summed E-state index contributed by atoms with van der Waals surface area (Å²) >= 11 is 0. The van der Waals surface area contributed by atoms with Gasteiger partial charge in [-0.1, -0.05) is 37.8 Å². The lowest BCUT2D eigenvalue weighted by Gasteiger charge is -2.26. The summed E-state index contributed by atoms with van der Waals surface area (Å²) in [6.07, 6.45) is 7.88. The summed E-state index contributed by atoms with van der Waals surface area (Å²) in [4.78, 5) is 0. The lowest BCUT2D eigenvalue weighted by molar-refractivity contribution is 0.341. The van der Waals surface area contributed by atoms with Crippen molar-refractivity contribution in [3.8, 4) is 0 Å². The van der Waals surface area contributed by atoms with Crippen LogP contribution in [0.15, 0.2) is 18.2 Å². The molecule has 2 rings (SSSR count). The molecule has 1 saturated carbocycles. The molecule has 0 amide bonds. The third-order valence-corrected chi connectivity index (χ3v) is 4.24. The number of hydrogen-bond acceptors (Lipinski definition) is 1. The van der Waals surface area contributed by atoms with E-state index in [-0.39, 0.29) is 5.82 Å². The van der Waals surface area contributed by atoms with Gasteiger partial charge in [-0.25, -0.2) is 4.39 Å². The fourth-order valence-corrected chi connectivity index (χ4v) is 3.12. The van der Waals surface area contributed by atoms with Crippen LogP contribution in [0.1, 0.15) is 55.7 Å². The lowest BCUT2D eigenvalue weighted by Crippen LogP contribution is -2.25. The fraction of sp³-hybridized carbons (Fsp3) is 0.625. The standard InChI is InChI=1S/C16H24FN/c1-12-9-10-14(11-15(12)17)16(18-2)13-7-5-3-4-6-8-13/h9-11,13,16,18H,3-8H2,1-2H3. The number of hydrogen-bond donors (Lipinski definition) is 1. The molecular formula is C16H24FN. The summed E-state index contributed by atoms with van der Waals surface area (Å²) in [5.74, 6) is 0.570. The van der Waals surface area contributed by atoms with E-state index in [4.69, 9.17) is 0 Å². The summed E-state index contributed by atoms with van der Waals surface area (Å²) in [5.41, 5.74) is 1.84. The zero-order valence-corrected chi connectivity index (χ0v) is 11.5. The molecule has 100 valence electrons. The van der Waals surface area contributed by atoms with Crippen molar-refractivity contribution in [2.24, 2.45) is 5.92 Å². The molecule has 0 spiro atoms. The molecule has 0 bridgehead atoms. The Bertz CT molecular complexity index is 381. The Hall–Kier alpha value is -0.890. The van der Waals surface area contributed by atoms with E-state index in [0.29, 0.717) is 12.0 Å². The van der Waals surface area contributed by atoms with Gasteiger partial charge in [0.25, 0.3) is 0 Å². The van der Waals surface area contributed by atoms with Crippen LogP contribution in [0, 0.1) is 18.7 Å². The summed E-state index contributed by atoms with van der Waals surface area (Å²) in [6, 6.07) is 5.98. The fourth-order valence-electron chi connectivity index (χ4n) is 3.12. The van der Waals surface area contributed by atoms with Crippen molar-refractivity contribution in [3.63, 3.8) is 0 Å². The van der Waals surface area contributed by atoms with Gasteiger partial charge in [-0.3, -0.25) is 0 Å². The first-order valence-corrected chi connectivity index (χ1v) is 7.15. The minimum Gasteiger partial charge on any atom is -0.313 e. The molecule has 0 aliphatic heterocycles. The third-order valence-electron chi connectivity index (χ3n) is 4.24. The lowest BCUT2D eigenvalue weighted by atomic mass is 9.87. The highest BCUT2D eigenvalue weighted by molar-refractivity contribution is 5.26. The van der Waals surface area contributed by atoms with Gasteiger partial charge in [-0.05, 0) is 49.9 Å². The van der Waals surface area contributed by atoms with Gasteiger partial charge in [0.05, 0.1) is 0 Å². The molecule has 1 N–H and O–H groups in total. The van der Waals surface area contributed by atoms with Gasteiger partial charge in [-0.2, -0.15) is 0 Å². The van der Waals surface area contributed by atoms with Crippen LogP contribution in [0.5, 0.6) is 0 Å². The Morgan fingerprint density at radius 3 is 2.39 bits per heavy atom. The second kappa shape index (κ2) is 6.33. The van der Waals surface area contributed by atoms with Crippen molar-refractivity contribution in [2.75, 3.05) is 7.05 Å². The predicted octanol–water partition coefficient (Wildman–Crippen LogP) is 4.37. The van der Waals surface area contributed by atoms with Crippen LogP contribution in [0.4, 0.5) is 4.39 Å². The SMILES string of the molecule is CNC(c1ccc(C)c(F)c1)C1CCCCCC1. The Labute approximate surface area is 110 Å². The molecule has 1 fully saturated rings. The first-order chi connectivity index (χ1) is 8.72. The van der Waals surface area contributed by atoms with Crippen molar-refractivity contribution in [3.05, 3.63) is 35.1 Å². The molecule has 1 nitrogen and oxygen atoms in total. The van der Waals surface area contributed by atoms with Gasteiger partial charge in [0.2, 0.25) is 0 Å². The molecule has 18 heavy (non-hydrogen) atoms. The largest absolute Gasteiger partial charge is 0.313 e. The van der Waals surface area contributed by atoms with Crippen LogP contribution >= 0.6 is 0 Å². The molecule has 1 aromatic rings. The minimum absolute atomic E-state index is 0.0821. The van der Waals surface area contributed by atoms with E-state index >= 15 is 0 Å². The quantitative estimate of drug-likeness (QED) is 0.785. The average Bonchev–Trinajstić information content (AvgIpc) is 2.64. The van der Waals surface area contributed by atoms with Crippen molar-refractivity contribution in [1.82, 2.24) is 5.32 Å². The maximum Gasteiger partial charge on any atom is 0.126 e. The molecule has 2 heteroatoms. The number of halogens is 1. The highest BCUT2D eigenvalue weighted by atomic mass is 19.1. The normalized spacial score (nSPS) is 19.5. The van der Waals surface area contributed by atoms with Gasteiger partial charge in [0.1, 0.15) is 5.82 Å². The Morgan fingerprint density at radius 1 is 1.17 bits per heavy atom. The van der Waals surface area contributed by atoms with Gasteiger partial charge in [0.15, 0.2) is 0 Å². The van der Waals surface area contributed by atoms with E-state index in [1.54, 1.807) is 6.07 Å². The second-order valence-corrected chi connectivity index (χ2v) is 5.53. The van der Waals surface area contributed by atoms with E-state index in [2.05, 4.69) is 11.4 Å². The van der Waals surface area contributed by atoms with Crippen molar-refractivity contribution < 1.29 is 4.39 Å². The molecule has 1 aliphatic rings. The average molecular weight is 249 g/mol. The van der Waals surface area contributed by atoms with Gasteiger partial charge < -0.3 is 5.32 Å². The molecule has 1 aliphatic carbocycles. The molecule has 0 heterocycles.